The lowest BCUT2D eigenvalue weighted by molar-refractivity contribution is -0.139. The number of benzene rings is 2. The van der Waals surface area contributed by atoms with Gasteiger partial charge in [0.05, 0.1) is 52.2 Å². The Morgan fingerprint density at radius 3 is 2.44 bits per heavy atom. The Kier molecular flexibility index (Phi) is 8.22. The number of carboxylic acids is 1. The van der Waals surface area contributed by atoms with Crippen LogP contribution in [0.15, 0.2) is 59.7 Å². The number of likely N-dealkylation sites (tertiary alicyclic amines) is 1. The number of aromatic nitrogens is 5. The first kappa shape index (κ1) is 31.9. The van der Waals surface area contributed by atoms with Crippen LogP contribution in [0.1, 0.15) is 17.8 Å². The molecule has 0 spiro atoms. The van der Waals surface area contributed by atoms with Gasteiger partial charge < -0.3 is 15.2 Å². The molecule has 1 aliphatic carbocycles. The lowest BCUT2D eigenvalue weighted by atomic mass is 10.0. The van der Waals surface area contributed by atoms with Gasteiger partial charge in [-0.1, -0.05) is 53.5 Å². The van der Waals surface area contributed by atoms with Crippen LogP contribution in [-0.4, -0.2) is 60.9 Å². The quantitative estimate of drug-likeness (QED) is 0.183. The standard InChI is InChI=1S/C33H27Cl2F2N7O4/c1-43-32(45)25-15(10-39-43)9-22(29(36)37)41-30(25)40-21-8-4-6-17(28(21)35)16-5-3-7-18(27(16)34)23-11-38-24(31(42-23)48-2)14-44-12-19-20(13-44)26(19)33(46)47/h3-11,19-20,26,29H,12-14H2,1-2H3,(H,40,41)(H,46,47). The van der Waals surface area contributed by atoms with Crippen molar-refractivity contribution in [2.24, 2.45) is 24.8 Å². The molecule has 48 heavy (non-hydrogen) atoms. The summed E-state index contributed by atoms with van der Waals surface area (Å²) in [7, 11) is 2.97. The molecule has 0 radical (unpaired) electrons. The third kappa shape index (κ3) is 5.61. The van der Waals surface area contributed by atoms with Gasteiger partial charge in [0.2, 0.25) is 5.88 Å². The summed E-state index contributed by atoms with van der Waals surface area (Å²) in [4.78, 5) is 39.8. The number of anilines is 2. The highest BCUT2D eigenvalue weighted by atomic mass is 35.5. The number of ether oxygens (including phenoxy) is 1. The Hall–Kier alpha value is -4.72. The summed E-state index contributed by atoms with van der Waals surface area (Å²) in [6.45, 7) is 1.86. The van der Waals surface area contributed by atoms with E-state index >= 15 is 0 Å². The number of hydrogen-bond acceptors (Lipinski definition) is 9. The Morgan fingerprint density at radius 1 is 1.06 bits per heavy atom. The van der Waals surface area contributed by atoms with E-state index in [-0.39, 0.29) is 39.4 Å². The number of halogens is 4. The normalized spacial score (nSPS) is 18.7. The smallest absolute Gasteiger partial charge is 0.307 e. The number of carboxylic acid groups (broad SMARTS) is 1. The summed E-state index contributed by atoms with van der Waals surface area (Å²) >= 11 is 13.9. The van der Waals surface area contributed by atoms with Gasteiger partial charge in [-0.15, -0.1) is 0 Å². The molecule has 5 aromatic rings. The molecule has 2 aliphatic rings. The van der Waals surface area contributed by atoms with Crippen LogP contribution in [0.3, 0.4) is 0 Å². The second kappa shape index (κ2) is 12.4. The van der Waals surface area contributed by atoms with Gasteiger partial charge >= 0.3 is 5.97 Å². The minimum atomic E-state index is -2.88. The highest BCUT2D eigenvalue weighted by Crippen LogP contribution is 2.52. The molecule has 0 bridgehead atoms. The molecule has 2 fully saturated rings. The molecule has 11 nitrogen and oxygen atoms in total. The van der Waals surface area contributed by atoms with Crippen LogP contribution < -0.4 is 15.6 Å². The van der Waals surface area contributed by atoms with Crippen LogP contribution in [0.25, 0.3) is 33.2 Å². The van der Waals surface area contributed by atoms with E-state index in [0.717, 1.165) is 10.7 Å². The Balaban J connectivity index is 1.19. The van der Waals surface area contributed by atoms with Crippen molar-refractivity contribution in [1.82, 2.24) is 29.6 Å². The number of fused-ring (bicyclic) bond motifs is 2. The van der Waals surface area contributed by atoms with Crippen molar-refractivity contribution in [3.05, 3.63) is 86.6 Å². The summed E-state index contributed by atoms with van der Waals surface area (Å²) in [5, 5.41) is 17.1. The number of methoxy groups -OCH3 is 1. The number of aryl methyl sites for hydroxylation is 1. The zero-order chi connectivity index (χ0) is 33.9. The molecule has 246 valence electrons. The van der Waals surface area contributed by atoms with E-state index in [1.807, 2.05) is 0 Å². The maximum absolute atomic E-state index is 13.7. The van der Waals surface area contributed by atoms with Gasteiger partial charge in [-0.05, 0) is 24.0 Å². The van der Waals surface area contributed by atoms with E-state index in [4.69, 9.17) is 32.9 Å². The minimum absolute atomic E-state index is 0.0835. The molecule has 1 saturated heterocycles. The molecule has 15 heteroatoms. The number of carbonyl (C=O) groups is 1. The summed E-state index contributed by atoms with van der Waals surface area (Å²) < 4.78 is 34.1. The molecule has 4 heterocycles. The topological polar surface area (TPSA) is 135 Å². The highest BCUT2D eigenvalue weighted by molar-refractivity contribution is 6.39. The minimum Gasteiger partial charge on any atom is -0.481 e. The van der Waals surface area contributed by atoms with Crippen LogP contribution in [0.2, 0.25) is 10.0 Å². The predicted molar refractivity (Wildman–Crippen MR) is 176 cm³/mol. The third-order valence-corrected chi connectivity index (χ3v) is 9.74. The molecule has 2 aromatic carbocycles. The SMILES string of the molecule is COc1nc(-c2cccc(-c3cccc(Nc4nc(C(F)F)cc5cnn(C)c(=O)c45)c3Cl)c2Cl)cnc1CN1CC2C(C1)C2C(=O)O. The molecule has 1 aliphatic heterocycles. The fraction of sp³-hybridized carbons (Fsp3) is 0.273. The van der Waals surface area contributed by atoms with E-state index in [1.165, 1.54) is 20.4 Å². The highest BCUT2D eigenvalue weighted by Gasteiger charge is 2.59. The average molecular weight is 695 g/mol. The molecule has 1 saturated carbocycles. The van der Waals surface area contributed by atoms with Crippen molar-refractivity contribution in [1.29, 1.82) is 0 Å². The number of nitrogens with one attached hydrogen (secondary N) is 1. The predicted octanol–water partition coefficient (Wildman–Crippen LogP) is 6.21. The Labute approximate surface area is 282 Å². The van der Waals surface area contributed by atoms with Crippen molar-refractivity contribution >= 4 is 51.4 Å². The molecular weight excluding hydrogens is 667 g/mol. The lowest BCUT2D eigenvalue weighted by Crippen LogP contribution is -2.26. The van der Waals surface area contributed by atoms with E-state index in [1.54, 1.807) is 42.6 Å². The molecule has 0 amide bonds. The zero-order valence-corrected chi connectivity index (χ0v) is 27.0. The van der Waals surface area contributed by atoms with E-state index in [0.29, 0.717) is 64.3 Å². The summed E-state index contributed by atoms with van der Waals surface area (Å²) in [6.07, 6.45) is 0.0610. The monoisotopic (exact) mass is 693 g/mol. The maximum atomic E-state index is 13.7. The first-order chi connectivity index (χ1) is 23.0. The van der Waals surface area contributed by atoms with Crippen LogP contribution in [0.5, 0.6) is 5.88 Å². The zero-order valence-electron chi connectivity index (χ0n) is 25.5. The fourth-order valence-electron chi connectivity index (χ4n) is 6.50. The number of rotatable bonds is 9. The van der Waals surface area contributed by atoms with Gasteiger partial charge in [0.15, 0.2) is 0 Å². The van der Waals surface area contributed by atoms with Crippen molar-refractivity contribution in [2.75, 3.05) is 25.5 Å². The van der Waals surface area contributed by atoms with Gasteiger partial charge in [0, 0.05) is 48.8 Å². The number of piperidine rings is 1. The summed E-state index contributed by atoms with van der Waals surface area (Å²) in [6, 6.07) is 11.6. The Bertz CT molecular complexity index is 2150. The second-order valence-corrected chi connectivity index (χ2v) is 12.5. The second-order valence-electron chi connectivity index (χ2n) is 11.8. The van der Waals surface area contributed by atoms with E-state index in [9.17, 15) is 23.5 Å². The molecule has 7 rings (SSSR count). The van der Waals surface area contributed by atoms with Crippen LogP contribution in [0.4, 0.5) is 20.3 Å². The molecular formula is C33H27Cl2F2N7O4. The number of pyridine rings is 1. The summed E-state index contributed by atoms with van der Waals surface area (Å²) in [5.74, 6) is -0.391. The largest absolute Gasteiger partial charge is 0.481 e. The van der Waals surface area contributed by atoms with Gasteiger partial charge in [0.25, 0.3) is 12.0 Å². The van der Waals surface area contributed by atoms with Crippen molar-refractivity contribution in [3.63, 3.8) is 0 Å². The fourth-order valence-corrected chi connectivity index (χ4v) is 7.10. The van der Waals surface area contributed by atoms with Gasteiger partial charge in [0.1, 0.15) is 17.2 Å². The maximum Gasteiger partial charge on any atom is 0.307 e. The number of hydrogen-bond donors (Lipinski definition) is 2. The van der Waals surface area contributed by atoms with Crippen LogP contribution >= 0.6 is 23.2 Å². The molecule has 2 atom stereocenters. The van der Waals surface area contributed by atoms with Crippen molar-refractivity contribution in [2.45, 2.75) is 13.0 Å². The van der Waals surface area contributed by atoms with Crippen LogP contribution in [0, 0.1) is 17.8 Å². The average Bonchev–Trinajstić information content (AvgIpc) is 3.59. The van der Waals surface area contributed by atoms with Crippen LogP contribution in [-0.2, 0) is 18.4 Å². The van der Waals surface area contributed by atoms with Crippen molar-refractivity contribution in [3.8, 4) is 28.3 Å². The molecule has 2 unspecified atom stereocenters. The number of alkyl halides is 2. The summed E-state index contributed by atoms with van der Waals surface area (Å²) in [5.41, 5.74) is 2.04. The van der Waals surface area contributed by atoms with Gasteiger partial charge in [-0.25, -0.2) is 23.4 Å². The third-order valence-electron chi connectivity index (χ3n) is 8.92. The Morgan fingerprint density at radius 2 is 1.75 bits per heavy atom. The van der Waals surface area contributed by atoms with E-state index < -0.39 is 23.6 Å². The first-order valence-corrected chi connectivity index (χ1v) is 15.7. The lowest BCUT2D eigenvalue weighted by Gasteiger charge is -2.19. The number of aliphatic carboxylic acids is 1. The number of nitrogens with zero attached hydrogens (tertiary/aromatic N) is 6. The van der Waals surface area contributed by atoms with E-state index in [2.05, 4.69) is 25.3 Å². The molecule has 2 N–H and O–H groups in total. The van der Waals surface area contributed by atoms with Gasteiger partial charge in [-0.3, -0.25) is 19.5 Å². The molecule has 3 aromatic heterocycles. The van der Waals surface area contributed by atoms with Gasteiger partial charge in [-0.2, -0.15) is 5.10 Å². The first-order valence-electron chi connectivity index (χ1n) is 14.9. The van der Waals surface area contributed by atoms with Crippen molar-refractivity contribution < 1.29 is 23.4 Å².